The third-order valence-corrected chi connectivity index (χ3v) is 4.46. The van der Waals surface area contributed by atoms with Gasteiger partial charge in [0, 0.05) is 18.8 Å². The molecule has 5 heteroatoms. The van der Waals surface area contributed by atoms with E-state index in [0.717, 1.165) is 37.3 Å². The molecular weight excluding hydrogens is 310 g/mol. The van der Waals surface area contributed by atoms with E-state index in [4.69, 9.17) is 0 Å². The summed E-state index contributed by atoms with van der Waals surface area (Å²) < 4.78 is 0. The molecule has 0 N–H and O–H groups in total. The molecule has 1 aliphatic heterocycles. The number of aryl methyl sites for hydroxylation is 1. The number of rotatable bonds is 7. The van der Waals surface area contributed by atoms with Gasteiger partial charge in [0.1, 0.15) is 0 Å². The van der Waals surface area contributed by atoms with Crippen molar-refractivity contribution in [2.75, 3.05) is 18.0 Å². The molecular formula is C20H25N5. The Balaban J connectivity index is 1.60. The smallest absolute Gasteiger partial charge is 0.0907 e. The standard InChI is InChI=1S/C20H25N5/c1-2-3-8-17-9-4-5-10-20(17)22-24-23-21-18-11-13-19(14-12-18)25-15-6-7-16-25/h4-5,9-14H,2-3,6-8,15-16H2,1H3. The van der Waals surface area contributed by atoms with E-state index in [0.29, 0.717) is 0 Å². The molecule has 5 nitrogen and oxygen atoms in total. The first kappa shape index (κ1) is 17.3. The summed E-state index contributed by atoms with van der Waals surface area (Å²) in [6.07, 6.45) is 5.89. The van der Waals surface area contributed by atoms with Gasteiger partial charge in [-0.25, -0.2) is 0 Å². The third kappa shape index (κ3) is 4.95. The lowest BCUT2D eigenvalue weighted by molar-refractivity contribution is 0.793. The molecule has 0 saturated carbocycles. The fourth-order valence-corrected chi connectivity index (χ4v) is 3.03. The average molecular weight is 335 g/mol. The molecule has 0 unspecified atom stereocenters. The summed E-state index contributed by atoms with van der Waals surface area (Å²) >= 11 is 0. The Labute approximate surface area is 149 Å². The molecule has 0 bridgehead atoms. The van der Waals surface area contributed by atoms with E-state index >= 15 is 0 Å². The number of hydrogen-bond donors (Lipinski definition) is 0. The maximum Gasteiger partial charge on any atom is 0.0907 e. The Morgan fingerprint density at radius 1 is 0.880 bits per heavy atom. The van der Waals surface area contributed by atoms with Crippen LogP contribution in [0.5, 0.6) is 0 Å². The summed E-state index contributed by atoms with van der Waals surface area (Å²) in [5, 5.41) is 16.1. The van der Waals surface area contributed by atoms with Gasteiger partial charge in [0.05, 0.1) is 11.4 Å². The van der Waals surface area contributed by atoms with Crippen molar-refractivity contribution in [1.29, 1.82) is 0 Å². The molecule has 0 atom stereocenters. The number of unbranched alkanes of at least 4 members (excludes halogenated alkanes) is 1. The van der Waals surface area contributed by atoms with Gasteiger partial charge in [0.2, 0.25) is 0 Å². The van der Waals surface area contributed by atoms with E-state index in [1.54, 1.807) is 0 Å². The second kappa shape index (κ2) is 9.06. The van der Waals surface area contributed by atoms with Gasteiger partial charge < -0.3 is 4.90 Å². The summed E-state index contributed by atoms with van der Waals surface area (Å²) in [6.45, 7) is 4.48. The summed E-state index contributed by atoms with van der Waals surface area (Å²) in [4.78, 5) is 2.40. The molecule has 2 aromatic carbocycles. The summed E-state index contributed by atoms with van der Waals surface area (Å²) in [7, 11) is 0. The van der Waals surface area contributed by atoms with Crippen LogP contribution in [-0.4, -0.2) is 13.1 Å². The molecule has 0 aromatic heterocycles. The third-order valence-electron chi connectivity index (χ3n) is 4.46. The van der Waals surface area contributed by atoms with Crippen LogP contribution in [0, 0.1) is 0 Å². The average Bonchev–Trinajstić information content (AvgIpc) is 3.19. The first-order valence-electron chi connectivity index (χ1n) is 9.11. The molecule has 0 radical (unpaired) electrons. The van der Waals surface area contributed by atoms with Gasteiger partial charge in [-0.15, -0.1) is 10.2 Å². The molecule has 0 spiro atoms. The van der Waals surface area contributed by atoms with E-state index in [-0.39, 0.29) is 0 Å². The summed E-state index contributed by atoms with van der Waals surface area (Å²) in [5.41, 5.74) is 4.13. The van der Waals surface area contributed by atoms with Gasteiger partial charge in [0.25, 0.3) is 0 Å². The number of hydrogen-bond acceptors (Lipinski definition) is 3. The quantitative estimate of drug-likeness (QED) is 0.426. The van der Waals surface area contributed by atoms with Crippen molar-refractivity contribution in [2.24, 2.45) is 20.7 Å². The molecule has 1 fully saturated rings. The molecule has 130 valence electrons. The second-order valence-electron chi connectivity index (χ2n) is 6.32. The lowest BCUT2D eigenvalue weighted by atomic mass is 10.1. The van der Waals surface area contributed by atoms with Crippen molar-refractivity contribution in [3.63, 3.8) is 0 Å². The minimum absolute atomic E-state index is 0.793. The Morgan fingerprint density at radius 2 is 1.60 bits per heavy atom. The number of nitrogens with zero attached hydrogens (tertiary/aromatic N) is 5. The topological polar surface area (TPSA) is 52.7 Å². The highest BCUT2D eigenvalue weighted by atomic mass is 15.5. The van der Waals surface area contributed by atoms with Crippen LogP contribution < -0.4 is 4.90 Å². The minimum atomic E-state index is 0.793. The van der Waals surface area contributed by atoms with E-state index < -0.39 is 0 Å². The number of benzene rings is 2. The highest BCUT2D eigenvalue weighted by Crippen LogP contribution is 2.24. The van der Waals surface area contributed by atoms with Crippen LogP contribution in [0.3, 0.4) is 0 Å². The summed E-state index contributed by atoms with van der Waals surface area (Å²) in [5.74, 6) is 0. The Kier molecular flexibility index (Phi) is 6.26. The molecule has 1 saturated heterocycles. The van der Waals surface area contributed by atoms with Crippen molar-refractivity contribution >= 4 is 17.1 Å². The molecule has 1 heterocycles. The first-order valence-corrected chi connectivity index (χ1v) is 9.11. The van der Waals surface area contributed by atoms with Crippen molar-refractivity contribution < 1.29 is 0 Å². The molecule has 3 rings (SSSR count). The van der Waals surface area contributed by atoms with Gasteiger partial charge in [-0.2, -0.15) is 0 Å². The molecule has 0 aliphatic carbocycles. The molecule has 1 aliphatic rings. The van der Waals surface area contributed by atoms with Crippen LogP contribution in [-0.2, 0) is 6.42 Å². The predicted octanol–water partition coefficient (Wildman–Crippen LogP) is 6.41. The summed E-state index contributed by atoms with van der Waals surface area (Å²) in [6, 6.07) is 16.2. The van der Waals surface area contributed by atoms with Gasteiger partial charge in [-0.05, 0) is 72.0 Å². The van der Waals surface area contributed by atoms with Gasteiger partial charge in [-0.3, -0.25) is 0 Å². The van der Waals surface area contributed by atoms with Crippen molar-refractivity contribution in [3.05, 3.63) is 54.1 Å². The van der Waals surface area contributed by atoms with Crippen LogP contribution in [0.4, 0.5) is 17.1 Å². The molecule has 25 heavy (non-hydrogen) atoms. The van der Waals surface area contributed by atoms with Crippen LogP contribution >= 0.6 is 0 Å². The monoisotopic (exact) mass is 335 g/mol. The largest absolute Gasteiger partial charge is 0.372 e. The maximum atomic E-state index is 4.21. The van der Waals surface area contributed by atoms with Crippen molar-refractivity contribution in [2.45, 2.75) is 39.0 Å². The van der Waals surface area contributed by atoms with E-state index in [9.17, 15) is 0 Å². The van der Waals surface area contributed by atoms with Crippen LogP contribution in [0.15, 0.2) is 69.2 Å². The fourth-order valence-electron chi connectivity index (χ4n) is 3.03. The van der Waals surface area contributed by atoms with Gasteiger partial charge in [0.15, 0.2) is 0 Å². The maximum absolute atomic E-state index is 4.21. The van der Waals surface area contributed by atoms with E-state index in [1.165, 1.54) is 30.5 Å². The number of anilines is 1. The van der Waals surface area contributed by atoms with Crippen molar-refractivity contribution in [3.8, 4) is 0 Å². The Hall–Kier alpha value is -2.56. The lowest BCUT2D eigenvalue weighted by Gasteiger charge is -2.16. The van der Waals surface area contributed by atoms with Crippen LogP contribution in [0.1, 0.15) is 38.2 Å². The lowest BCUT2D eigenvalue weighted by Crippen LogP contribution is -2.17. The normalized spacial score (nSPS) is 14.8. The minimum Gasteiger partial charge on any atom is -0.372 e. The SMILES string of the molecule is CCCCc1ccccc1N=NN=Nc1ccc(N2CCCC2)cc1. The zero-order chi connectivity index (χ0) is 17.3. The van der Waals surface area contributed by atoms with Gasteiger partial charge in [-0.1, -0.05) is 31.5 Å². The van der Waals surface area contributed by atoms with E-state index in [1.807, 2.05) is 30.3 Å². The molecule has 0 amide bonds. The molecule has 2 aromatic rings. The Bertz CT molecular complexity index is 715. The second-order valence-corrected chi connectivity index (χ2v) is 6.32. The van der Waals surface area contributed by atoms with E-state index in [2.05, 4.69) is 50.7 Å². The first-order chi connectivity index (χ1) is 12.4. The fraction of sp³-hybridized carbons (Fsp3) is 0.400. The highest BCUT2D eigenvalue weighted by Gasteiger charge is 2.11. The zero-order valence-electron chi connectivity index (χ0n) is 14.8. The Morgan fingerprint density at radius 3 is 2.36 bits per heavy atom. The van der Waals surface area contributed by atoms with Crippen LogP contribution in [0.2, 0.25) is 0 Å². The van der Waals surface area contributed by atoms with Crippen LogP contribution in [0.25, 0.3) is 0 Å². The predicted molar refractivity (Wildman–Crippen MR) is 102 cm³/mol. The highest BCUT2D eigenvalue weighted by molar-refractivity contribution is 5.53. The van der Waals surface area contributed by atoms with Crippen molar-refractivity contribution in [1.82, 2.24) is 0 Å². The zero-order valence-corrected chi connectivity index (χ0v) is 14.8. The van der Waals surface area contributed by atoms with Gasteiger partial charge >= 0.3 is 0 Å².